The summed E-state index contributed by atoms with van der Waals surface area (Å²) in [5.41, 5.74) is 0.971. The Morgan fingerprint density at radius 1 is 1.38 bits per heavy atom. The zero-order valence-electron chi connectivity index (χ0n) is 12.4. The second kappa shape index (κ2) is 6.32. The highest BCUT2D eigenvalue weighted by Gasteiger charge is 2.43. The van der Waals surface area contributed by atoms with E-state index in [4.69, 9.17) is 11.6 Å². The number of hydrogen-bond acceptors (Lipinski definition) is 3. The van der Waals surface area contributed by atoms with E-state index in [1.807, 2.05) is 37.3 Å². The van der Waals surface area contributed by atoms with E-state index >= 15 is 0 Å². The van der Waals surface area contributed by atoms with Gasteiger partial charge < -0.3 is 4.90 Å². The number of carbonyl (C=O) groups excluding carboxylic acids is 1. The van der Waals surface area contributed by atoms with Gasteiger partial charge in [-0.3, -0.25) is 4.79 Å². The molecular weight excluding hydrogens is 284 g/mol. The first-order valence-corrected chi connectivity index (χ1v) is 7.42. The number of rotatable bonds is 3. The summed E-state index contributed by atoms with van der Waals surface area (Å²) in [6, 6.07) is 9.51. The lowest BCUT2D eigenvalue weighted by Gasteiger charge is -2.36. The van der Waals surface area contributed by atoms with Crippen LogP contribution in [0.2, 0.25) is 5.02 Å². The van der Waals surface area contributed by atoms with Crippen LogP contribution < -0.4 is 0 Å². The molecule has 1 fully saturated rings. The summed E-state index contributed by atoms with van der Waals surface area (Å²) in [6.45, 7) is 0. The topological polar surface area (TPSA) is 44.1 Å². The van der Waals surface area contributed by atoms with Gasteiger partial charge in [-0.25, -0.2) is 0 Å². The van der Waals surface area contributed by atoms with Gasteiger partial charge in [0.2, 0.25) is 0 Å². The Morgan fingerprint density at radius 2 is 2.05 bits per heavy atom. The predicted octanol–water partition coefficient (Wildman–Crippen LogP) is 3.69. The molecule has 1 aliphatic rings. The highest BCUT2D eigenvalue weighted by molar-refractivity contribution is 6.30. The molecule has 2 rings (SSSR count). The fourth-order valence-corrected chi connectivity index (χ4v) is 3.13. The van der Waals surface area contributed by atoms with Gasteiger partial charge in [0.05, 0.1) is 17.9 Å². The molecule has 1 atom stereocenters. The van der Waals surface area contributed by atoms with E-state index in [0.717, 1.165) is 24.0 Å². The first-order chi connectivity index (χ1) is 9.99. The minimum Gasteiger partial charge on any atom is -0.383 e. The fourth-order valence-electron chi connectivity index (χ4n) is 3.00. The zero-order valence-corrected chi connectivity index (χ0v) is 13.2. The lowest BCUT2D eigenvalue weighted by molar-refractivity contribution is -0.122. The molecule has 110 valence electrons. The minimum atomic E-state index is -0.723. The third kappa shape index (κ3) is 3.11. The van der Waals surface area contributed by atoms with Gasteiger partial charge in [-0.1, -0.05) is 23.7 Å². The highest BCUT2D eigenvalue weighted by Crippen LogP contribution is 2.41. The Labute approximate surface area is 130 Å². The number of allylic oxidation sites excluding steroid dienone is 1. The standard InChI is InChI=1S/C17H19ClN2O/c1-20(2)12-13-4-3-9-17(10-11-19,16(13)21)14-5-7-15(18)8-6-14/h5-8,12H,3-4,9-10H2,1-2H3/b13-12-. The maximum atomic E-state index is 13.0. The molecule has 4 heteroatoms. The predicted molar refractivity (Wildman–Crippen MR) is 84.0 cm³/mol. The van der Waals surface area contributed by atoms with Crippen molar-refractivity contribution >= 4 is 17.4 Å². The summed E-state index contributed by atoms with van der Waals surface area (Å²) in [6.07, 6.45) is 4.49. The molecule has 0 N–H and O–H groups in total. The van der Waals surface area contributed by atoms with Crippen LogP contribution >= 0.6 is 11.6 Å². The largest absolute Gasteiger partial charge is 0.383 e. The van der Waals surface area contributed by atoms with Crippen molar-refractivity contribution < 1.29 is 4.79 Å². The molecule has 1 aromatic rings. The summed E-state index contributed by atoms with van der Waals surface area (Å²) < 4.78 is 0. The molecule has 0 heterocycles. The average Bonchev–Trinajstić information content (AvgIpc) is 2.44. The van der Waals surface area contributed by atoms with Crippen LogP contribution in [0.25, 0.3) is 0 Å². The molecule has 0 aliphatic heterocycles. The molecular formula is C17H19ClN2O. The number of nitrogens with zero attached hydrogens (tertiary/aromatic N) is 2. The molecule has 0 aromatic heterocycles. The van der Waals surface area contributed by atoms with E-state index in [9.17, 15) is 10.1 Å². The van der Waals surface area contributed by atoms with Crippen molar-refractivity contribution in [3.8, 4) is 6.07 Å². The Hall–Kier alpha value is -1.79. The molecule has 0 radical (unpaired) electrons. The van der Waals surface area contributed by atoms with Gasteiger partial charge in [-0.2, -0.15) is 5.26 Å². The van der Waals surface area contributed by atoms with Gasteiger partial charge in [-0.15, -0.1) is 0 Å². The molecule has 1 saturated carbocycles. The maximum Gasteiger partial charge on any atom is 0.171 e. The van der Waals surface area contributed by atoms with Crippen LogP contribution in [0, 0.1) is 11.3 Å². The Kier molecular flexibility index (Phi) is 4.69. The lowest BCUT2D eigenvalue weighted by atomic mass is 9.65. The van der Waals surface area contributed by atoms with E-state index < -0.39 is 5.41 Å². The monoisotopic (exact) mass is 302 g/mol. The summed E-state index contributed by atoms with van der Waals surface area (Å²) in [5.74, 6) is 0.0753. The molecule has 0 amide bonds. The van der Waals surface area contributed by atoms with E-state index in [0.29, 0.717) is 11.4 Å². The van der Waals surface area contributed by atoms with Crippen LogP contribution in [-0.2, 0) is 10.2 Å². The van der Waals surface area contributed by atoms with Crippen LogP contribution in [-0.4, -0.2) is 24.8 Å². The number of Topliss-reactive ketones (excluding diaryl/α,β-unsaturated/α-hetero) is 1. The molecule has 0 saturated heterocycles. The lowest BCUT2D eigenvalue weighted by Crippen LogP contribution is -2.40. The van der Waals surface area contributed by atoms with Gasteiger partial charge in [0.1, 0.15) is 0 Å². The summed E-state index contributed by atoms with van der Waals surface area (Å²) in [5, 5.41) is 9.86. The quantitative estimate of drug-likeness (QED) is 0.800. The molecule has 1 unspecified atom stereocenters. The third-order valence-electron chi connectivity index (χ3n) is 3.97. The van der Waals surface area contributed by atoms with Crippen molar-refractivity contribution in [3.63, 3.8) is 0 Å². The smallest absolute Gasteiger partial charge is 0.171 e. The van der Waals surface area contributed by atoms with Gasteiger partial charge in [0, 0.05) is 30.9 Å². The van der Waals surface area contributed by atoms with Gasteiger partial charge in [0.25, 0.3) is 0 Å². The van der Waals surface area contributed by atoms with Crippen molar-refractivity contribution in [1.29, 1.82) is 5.26 Å². The van der Waals surface area contributed by atoms with Crippen molar-refractivity contribution in [2.75, 3.05) is 14.1 Å². The van der Waals surface area contributed by atoms with Crippen LogP contribution in [0.1, 0.15) is 31.2 Å². The Balaban J connectivity index is 2.48. The second-order valence-electron chi connectivity index (χ2n) is 5.72. The van der Waals surface area contributed by atoms with E-state index in [-0.39, 0.29) is 12.2 Å². The number of carbonyl (C=O) groups is 1. The van der Waals surface area contributed by atoms with Gasteiger partial charge >= 0.3 is 0 Å². The number of hydrogen-bond donors (Lipinski definition) is 0. The zero-order chi connectivity index (χ0) is 15.5. The molecule has 1 aliphatic carbocycles. The number of halogens is 1. The van der Waals surface area contributed by atoms with Crippen molar-refractivity contribution in [3.05, 3.63) is 46.6 Å². The number of benzene rings is 1. The minimum absolute atomic E-state index is 0.0753. The van der Waals surface area contributed by atoms with Crippen molar-refractivity contribution in [2.24, 2.45) is 0 Å². The van der Waals surface area contributed by atoms with Crippen LogP contribution in [0.15, 0.2) is 36.0 Å². The van der Waals surface area contributed by atoms with Gasteiger partial charge in [-0.05, 0) is 37.0 Å². The number of nitriles is 1. The number of ketones is 1. The molecule has 21 heavy (non-hydrogen) atoms. The average molecular weight is 303 g/mol. The van der Waals surface area contributed by atoms with Crippen LogP contribution in [0.3, 0.4) is 0 Å². The van der Waals surface area contributed by atoms with E-state index in [1.54, 1.807) is 12.1 Å². The fraction of sp³-hybridized carbons (Fsp3) is 0.412. The first-order valence-electron chi connectivity index (χ1n) is 7.04. The van der Waals surface area contributed by atoms with E-state index in [1.165, 1.54) is 0 Å². The Bertz CT molecular complexity index is 598. The second-order valence-corrected chi connectivity index (χ2v) is 6.16. The molecule has 0 bridgehead atoms. The van der Waals surface area contributed by atoms with E-state index in [2.05, 4.69) is 6.07 Å². The summed E-state index contributed by atoms with van der Waals surface area (Å²) >= 11 is 5.94. The maximum absolute atomic E-state index is 13.0. The molecule has 3 nitrogen and oxygen atoms in total. The summed E-state index contributed by atoms with van der Waals surface area (Å²) in [4.78, 5) is 14.9. The molecule has 1 aromatic carbocycles. The normalized spacial score (nSPS) is 23.9. The first kappa shape index (κ1) is 15.6. The van der Waals surface area contributed by atoms with Crippen molar-refractivity contribution in [1.82, 2.24) is 4.90 Å². The van der Waals surface area contributed by atoms with Gasteiger partial charge in [0.15, 0.2) is 5.78 Å². The summed E-state index contributed by atoms with van der Waals surface area (Å²) in [7, 11) is 3.81. The third-order valence-corrected chi connectivity index (χ3v) is 4.22. The van der Waals surface area contributed by atoms with Crippen LogP contribution in [0.4, 0.5) is 0 Å². The van der Waals surface area contributed by atoms with Crippen molar-refractivity contribution in [2.45, 2.75) is 31.1 Å². The Morgan fingerprint density at radius 3 is 2.62 bits per heavy atom. The van der Waals surface area contributed by atoms with Crippen LogP contribution in [0.5, 0.6) is 0 Å². The highest BCUT2D eigenvalue weighted by atomic mass is 35.5. The molecule has 0 spiro atoms. The SMILES string of the molecule is CN(C)/C=C1/CCCC(CC#N)(c2ccc(Cl)cc2)C1=O.